The van der Waals surface area contributed by atoms with Crippen molar-refractivity contribution in [1.29, 1.82) is 0 Å². The van der Waals surface area contributed by atoms with Gasteiger partial charge in [0.1, 0.15) is 0 Å². The Kier molecular flexibility index (Phi) is 4.54. The van der Waals surface area contributed by atoms with Crippen molar-refractivity contribution in [2.45, 2.75) is 45.2 Å². The molecule has 0 amide bonds. The van der Waals surface area contributed by atoms with Gasteiger partial charge in [-0.05, 0) is 36.5 Å². The highest BCUT2D eigenvalue weighted by Crippen LogP contribution is 2.34. The summed E-state index contributed by atoms with van der Waals surface area (Å²) in [4.78, 5) is 2.82. The van der Waals surface area contributed by atoms with Crippen LogP contribution in [0.2, 0.25) is 0 Å². The molecule has 1 saturated carbocycles. The molecule has 1 unspecified atom stereocenters. The first-order valence-electron chi connectivity index (χ1n) is 7.72. The Morgan fingerprint density at radius 2 is 1.95 bits per heavy atom. The largest absolute Gasteiger partial charge is 0.309 e. The van der Waals surface area contributed by atoms with Crippen molar-refractivity contribution >= 4 is 11.3 Å². The minimum atomic E-state index is 0.699. The lowest BCUT2D eigenvalue weighted by Crippen LogP contribution is -2.28. The van der Waals surface area contributed by atoms with E-state index in [9.17, 15) is 0 Å². The van der Waals surface area contributed by atoms with Gasteiger partial charge < -0.3 is 5.32 Å². The molecule has 0 saturated heterocycles. The van der Waals surface area contributed by atoms with Crippen LogP contribution in [0.25, 0.3) is 10.4 Å². The molecule has 1 heterocycles. The second-order valence-corrected chi connectivity index (χ2v) is 6.97. The van der Waals surface area contributed by atoms with Gasteiger partial charge in [-0.25, -0.2) is 0 Å². The van der Waals surface area contributed by atoms with E-state index in [1.165, 1.54) is 41.0 Å². The van der Waals surface area contributed by atoms with E-state index in [1.807, 2.05) is 11.3 Å². The Bertz CT molecular complexity index is 527. The molecule has 1 N–H and O–H groups in total. The van der Waals surface area contributed by atoms with E-state index in [1.54, 1.807) is 0 Å². The van der Waals surface area contributed by atoms with Crippen LogP contribution in [0.4, 0.5) is 0 Å². The molecule has 1 fully saturated rings. The predicted molar refractivity (Wildman–Crippen MR) is 88.0 cm³/mol. The fourth-order valence-electron chi connectivity index (χ4n) is 2.63. The summed E-state index contributed by atoms with van der Waals surface area (Å²) in [5.74, 6) is 1.01. The van der Waals surface area contributed by atoms with Crippen LogP contribution < -0.4 is 5.32 Å². The number of thiophene rings is 1. The monoisotopic (exact) mass is 285 g/mol. The molecule has 1 nitrogen and oxygen atoms in total. The Labute approximate surface area is 126 Å². The molecule has 1 atom stereocenters. The maximum absolute atomic E-state index is 3.73. The van der Waals surface area contributed by atoms with Gasteiger partial charge in [0.05, 0.1) is 0 Å². The molecule has 2 aromatic rings. The SMILES string of the molecule is CCC(CC1CC1)NCc1ccc(-c2ccccc2)s1. The van der Waals surface area contributed by atoms with Crippen LogP contribution in [0.3, 0.4) is 0 Å². The fourth-order valence-corrected chi connectivity index (χ4v) is 3.59. The lowest BCUT2D eigenvalue weighted by atomic mass is 10.1. The summed E-state index contributed by atoms with van der Waals surface area (Å²) >= 11 is 1.91. The fraction of sp³-hybridized carbons (Fsp3) is 0.444. The normalized spacial score (nSPS) is 16.2. The lowest BCUT2D eigenvalue weighted by Gasteiger charge is -2.15. The quantitative estimate of drug-likeness (QED) is 0.747. The summed E-state index contributed by atoms with van der Waals surface area (Å²) < 4.78 is 0. The van der Waals surface area contributed by atoms with Crippen molar-refractivity contribution in [2.24, 2.45) is 5.92 Å². The lowest BCUT2D eigenvalue weighted by molar-refractivity contribution is 0.446. The van der Waals surface area contributed by atoms with Crippen LogP contribution in [0, 0.1) is 5.92 Å². The number of benzene rings is 1. The molecule has 0 aliphatic heterocycles. The van der Waals surface area contributed by atoms with E-state index < -0.39 is 0 Å². The molecule has 0 spiro atoms. The summed E-state index contributed by atoms with van der Waals surface area (Å²) in [6.07, 6.45) is 5.52. The van der Waals surface area contributed by atoms with Gasteiger partial charge in [0.25, 0.3) is 0 Å². The average molecular weight is 285 g/mol. The van der Waals surface area contributed by atoms with Gasteiger partial charge in [-0.3, -0.25) is 0 Å². The number of hydrogen-bond acceptors (Lipinski definition) is 2. The molecular weight excluding hydrogens is 262 g/mol. The van der Waals surface area contributed by atoms with Crippen LogP contribution >= 0.6 is 11.3 Å². The molecule has 2 heteroatoms. The summed E-state index contributed by atoms with van der Waals surface area (Å²) in [6.45, 7) is 3.31. The van der Waals surface area contributed by atoms with Gasteiger partial charge in [-0.1, -0.05) is 50.1 Å². The molecule has 0 radical (unpaired) electrons. The zero-order valence-corrected chi connectivity index (χ0v) is 13.0. The predicted octanol–water partition coefficient (Wildman–Crippen LogP) is 5.08. The third-order valence-electron chi connectivity index (χ3n) is 4.09. The second-order valence-electron chi connectivity index (χ2n) is 5.80. The van der Waals surface area contributed by atoms with Crippen molar-refractivity contribution < 1.29 is 0 Å². The van der Waals surface area contributed by atoms with Gasteiger partial charge in [0, 0.05) is 22.3 Å². The Morgan fingerprint density at radius 3 is 2.65 bits per heavy atom. The molecule has 1 aliphatic carbocycles. The van der Waals surface area contributed by atoms with E-state index in [2.05, 4.69) is 54.7 Å². The summed E-state index contributed by atoms with van der Waals surface area (Å²) in [5.41, 5.74) is 1.33. The van der Waals surface area contributed by atoms with Crippen molar-refractivity contribution in [1.82, 2.24) is 5.32 Å². The zero-order chi connectivity index (χ0) is 13.8. The maximum Gasteiger partial charge on any atom is 0.0346 e. The van der Waals surface area contributed by atoms with E-state index in [-0.39, 0.29) is 0 Å². The average Bonchev–Trinajstić information content (AvgIpc) is 3.19. The van der Waals surface area contributed by atoms with E-state index in [0.717, 1.165) is 12.5 Å². The Hall–Kier alpha value is -1.12. The first kappa shape index (κ1) is 13.8. The molecule has 1 aliphatic rings. The number of nitrogens with one attached hydrogen (secondary N) is 1. The zero-order valence-electron chi connectivity index (χ0n) is 12.1. The van der Waals surface area contributed by atoms with E-state index >= 15 is 0 Å². The minimum absolute atomic E-state index is 0.699. The van der Waals surface area contributed by atoms with Gasteiger partial charge in [0.15, 0.2) is 0 Å². The van der Waals surface area contributed by atoms with Gasteiger partial charge in [-0.2, -0.15) is 0 Å². The van der Waals surface area contributed by atoms with Crippen LogP contribution in [0.1, 0.15) is 37.5 Å². The highest BCUT2D eigenvalue weighted by atomic mass is 32.1. The Balaban J connectivity index is 1.56. The Morgan fingerprint density at radius 1 is 1.15 bits per heavy atom. The molecule has 20 heavy (non-hydrogen) atoms. The maximum atomic E-state index is 3.73. The van der Waals surface area contributed by atoms with Crippen LogP contribution in [-0.4, -0.2) is 6.04 Å². The highest BCUT2D eigenvalue weighted by molar-refractivity contribution is 7.15. The number of rotatable bonds is 7. The van der Waals surface area contributed by atoms with Crippen molar-refractivity contribution in [3.63, 3.8) is 0 Å². The molecule has 1 aromatic carbocycles. The standard InChI is InChI=1S/C18H23NS/c1-2-16(12-14-8-9-14)19-13-17-10-11-18(20-17)15-6-4-3-5-7-15/h3-7,10-11,14,16,19H,2,8-9,12-13H2,1H3. The molecule has 1 aromatic heterocycles. The van der Waals surface area contributed by atoms with Crippen molar-refractivity contribution in [2.75, 3.05) is 0 Å². The molecular formula is C18H23NS. The molecule has 3 rings (SSSR count). The summed E-state index contributed by atoms with van der Waals surface area (Å²) in [6, 6.07) is 15.9. The topological polar surface area (TPSA) is 12.0 Å². The van der Waals surface area contributed by atoms with E-state index in [0.29, 0.717) is 6.04 Å². The first-order chi connectivity index (χ1) is 9.85. The van der Waals surface area contributed by atoms with Gasteiger partial charge in [0.2, 0.25) is 0 Å². The third kappa shape index (κ3) is 3.71. The smallest absolute Gasteiger partial charge is 0.0346 e. The highest BCUT2D eigenvalue weighted by Gasteiger charge is 2.24. The van der Waals surface area contributed by atoms with Gasteiger partial charge >= 0.3 is 0 Å². The first-order valence-corrected chi connectivity index (χ1v) is 8.54. The minimum Gasteiger partial charge on any atom is -0.309 e. The molecule has 106 valence electrons. The van der Waals surface area contributed by atoms with Crippen LogP contribution in [0.15, 0.2) is 42.5 Å². The summed E-state index contributed by atoms with van der Waals surface area (Å²) in [7, 11) is 0. The van der Waals surface area contributed by atoms with E-state index in [4.69, 9.17) is 0 Å². The third-order valence-corrected chi connectivity index (χ3v) is 5.23. The molecule has 0 bridgehead atoms. The van der Waals surface area contributed by atoms with Crippen molar-refractivity contribution in [3.05, 3.63) is 47.3 Å². The second kappa shape index (κ2) is 6.55. The number of hydrogen-bond donors (Lipinski definition) is 1. The van der Waals surface area contributed by atoms with Gasteiger partial charge in [-0.15, -0.1) is 11.3 Å². The summed E-state index contributed by atoms with van der Waals surface area (Å²) in [5, 5.41) is 3.73. The van der Waals surface area contributed by atoms with Crippen molar-refractivity contribution in [3.8, 4) is 10.4 Å². The van der Waals surface area contributed by atoms with Crippen LogP contribution in [-0.2, 0) is 6.54 Å². The van der Waals surface area contributed by atoms with Crippen LogP contribution in [0.5, 0.6) is 0 Å².